The fourth-order valence-corrected chi connectivity index (χ4v) is 2.73. The molecular formula is C19H13F17O2. The fraction of sp³-hybridized carbons (Fsp3) is 0.632. The minimum atomic E-state index is -8.68. The fourth-order valence-electron chi connectivity index (χ4n) is 2.73. The average Bonchev–Trinajstić information content (AvgIpc) is 2.77. The molecule has 1 aromatic rings. The first-order valence-electron chi connectivity index (χ1n) is 9.59. The smallest absolute Gasteiger partial charge is 0.460 e. The van der Waals surface area contributed by atoms with E-state index < -0.39 is 65.1 Å². The Bertz CT molecular complexity index is 996. The molecule has 0 heterocycles. The van der Waals surface area contributed by atoms with E-state index >= 15 is 0 Å². The minimum Gasteiger partial charge on any atom is -0.466 e. The third-order valence-corrected chi connectivity index (χ3v) is 5.14. The van der Waals surface area contributed by atoms with Crippen molar-refractivity contribution in [2.24, 2.45) is 0 Å². The summed E-state index contributed by atoms with van der Waals surface area (Å²) in [6.07, 6.45) is -7.81. The largest absolute Gasteiger partial charge is 0.466 e. The molecule has 19 heteroatoms. The van der Waals surface area contributed by atoms with Crippen LogP contribution >= 0.6 is 0 Å². The van der Waals surface area contributed by atoms with Crippen LogP contribution in [0, 0.1) is 0 Å². The normalized spacial score (nSPS) is 15.9. The lowest BCUT2D eigenvalue weighted by molar-refractivity contribution is -0.462. The molecular weight excluding hydrogens is 583 g/mol. The summed E-state index contributed by atoms with van der Waals surface area (Å²) in [4.78, 5) is 11.6. The van der Waals surface area contributed by atoms with Crippen LogP contribution in [0.4, 0.5) is 74.6 Å². The molecule has 0 saturated heterocycles. The van der Waals surface area contributed by atoms with Gasteiger partial charge in [0.2, 0.25) is 0 Å². The first-order valence-corrected chi connectivity index (χ1v) is 9.59. The number of ether oxygens (including phenoxy) is 1. The van der Waals surface area contributed by atoms with Crippen molar-refractivity contribution in [2.75, 3.05) is 6.61 Å². The van der Waals surface area contributed by atoms with Crippen LogP contribution in [0.5, 0.6) is 0 Å². The molecule has 1 aromatic carbocycles. The molecule has 0 bridgehead atoms. The zero-order chi connectivity index (χ0) is 30.6. The van der Waals surface area contributed by atoms with Crippen LogP contribution in [0.1, 0.15) is 30.9 Å². The Morgan fingerprint density at radius 3 is 1.32 bits per heavy atom. The first kappa shape index (κ1) is 33.5. The number of esters is 1. The van der Waals surface area contributed by atoms with Crippen molar-refractivity contribution in [3.8, 4) is 0 Å². The highest BCUT2D eigenvalue weighted by Gasteiger charge is 2.95. The highest BCUT2D eigenvalue weighted by atomic mass is 19.4. The van der Waals surface area contributed by atoms with Gasteiger partial charge in [0.05, 0.1) is 12.5 Å². The van der Waals surface area contributed by atoms with E-state index in [0.29, 0.717) is 12.1 Å². The summed E-state index contributed by atoms with van der Waals surface area (Å²) < 4.78 is 232. The van der Waals surface area contributed by atoms with Gasteiger partial charge in [-0.1, -0.05) is 24.3 Å². The van der Waals surface area contributed by atoms with Gasteiger partial charge >= 0.3 is 53.6 Å². The summed E-state index contributed by atoms with van der Waals surface area (Å²) in [6, 6.07) is 0.392. The average molecular weight is 596 g/mol. The Morgan fingerprint density at radius 2 is 0.974 bits per heavy atom. The van der Waals surface area contributed by atoms with E-state index in [1.807, 2.05) is 0 Å². The minimum absolute atomic E-state index is 0.183. The quantitative estimate of drug-likeness (QED) is 0.204. The molecule has 0 radical (unpaired) electrons. The lowest BCUT2D eigenvalue weighted by atomic mass is 9.87. The van der Waals surface area contributed by atoms with Gasteiger partial charge in [0.1, 0.15) is 0 Å². The molecule has 1 unspecified atom stereocenters. The molecule has 2 nitrogen and oxygen atoms in total. The van der Waals surface area contributed by atoms with Crippen LogP contribution in [0.15, 0.2) is 24.3 Å². The van der Waals surface area contributed by atoms with Crippen molar-refractivity contribution >= 4 is 5.97 Å². The maximum Gasteiger partial charge on any atom is 0.460 e. The predicted octanol–water partition coefficient (Wildman–Crippen LogP) is 7.82. The molecule has 0 saturated carbocycles. The van der Waals surface area contributed by atoms with E-state index in [1.54, 1.807) is 0 Å². The number of hydrogen-bond acceptors (Lipinski definition) is 2. The highest BCUT2D eigenvalue weighted by Crippen LogP contribution is 2.65. The maximum atomic E-state index is 14.3. The third-order valence-electron chi connectivity index (χ3n) is 5.14. The van der Waals surface area contributed by atoms with Gasteiger partial charge in [0.25, 0.3) is 0 Å². The summed E-state index contributed by atoms with van der Waals surface area (Å²) in [5.74, 6) is -59.2. The lowest BCUT2D eigenvalue weighted by Gasteiger charge is -2.42. The van der Waals surface area contributed by atoms with Gasteiger partial charge in [0.15, 0.2) is 0 Å². The maximum absolute atomic E-state index is 14.3. The Kier molecular flexibility index (Phi) is 8.47. The first-order chi connectivity index (χ1) is 16.6. The number of carbonyl (C=O) groups is 1. The second-order valence-corrected chi connectivity index (χ2v) is 7.61. The molecule has 0 aliphatic carbocycles. The molecule has 0 aliphatic heterocycles. The highest BCUT2D eigenvalue weighted by molar-refractivity contribution is 5.77. The molecule has 0 aromatic heterocycles. The van der Waals surface area contributed by atoms with Crippen molar-refractivity contribution in [3.63, 3.8) is 0 Å². The van der Waals surface area contributed by atoms with Crippen molar-refractivity contribution < 1.29 is 84.2 Å². The zero-order valence-corrected chi connectivity index (χ0v) is 18.3. The number of halogens is 17. The van der Waals surface area contributed by atoms with Crippen LogP contribution in [-0.4, -0.2) is 54.3 Å². The number of hydrogen-bond donors (Lipinski definition) is 0. The van der Waals surface area contributed by atoms with Gasteiger partial charge in [-0.2, -0.15) is 74.6 Å². The Hall–Kier alpha value is -2.50. The summed E-state index contributed by atoms with van der Waals surface area (Å²) in [5, 5.41) is 0. The van der Waals surface area contributed by atoms with E-state index in [0.717, 1.165) is 6.92 Å². The Morgan fingerprint density at radius 1 is 0.632 bits per heavy atom. The molecule has 220 valence electrons. The predicted molar refractivity (Wildman–Crippen MR) is 91.1 cm³/mol. The van der Waals surface area contributed by atoms with Crippen molar-refractivity contribution in [3.05, 3.63) is 35.4 Å². The SMILES string of the molecule is CCOC(=O)C(C)c1ccc(C(F)(F)C(F)(F)C(F)(F)C(F)(F)C(F)(F)C(F)(F)C(F)(F)C(F)(F)F)cc1. The van der Waals surface area contributed by atoms with Gasteiger partial charge in [-0.15, -0.1) is 0 Å². The summed E-state index contributed by atoms with van der Waals surface area (Å²) in [5.41, 5.74) is -2.67. The molecule has 1 rings (SSSR count). The second kappa shape index (κ2) is 9.60. The van der Waals surface area contributed by atoms with Crippen LogP contribution in [0.3, 0.4) is 0 Å². The molecule has 0 amide bonds. The molecule has 0 N–H and O–H groups in total. The van der Waals surface area contributed by atoms with Crippen molar-refractivity contribution in [1.82, 2.24) is 0 Å². The van der Waals surface area contributed by atoms with Gasteiger partial charge < -0.3 is 4.74 Å². The summed E-state index contributed by atoms with van der Waals surface area (Å²) in [7, 11) is 0. The number of benzene rings is 1. The number of carbonyl (C=O) groups excluding carboxylic acids is 1. The van der Waals surface area contributed by atoms with Gasteiger partial charge in [0, 0.05) is 5.56 Å². The van der Waals surface area contributed by atoms with E-state index in [9.17, 15) is 79.4 Å². The van der Waals surface area contributed by atoms with Crippen LogP contribution in [0.2, 0.25) is 0 Å². The van der Waals surface area contributed by atoms with Gasteiger partial charge in [-0.25, -0.2) is 0 Å². The van der Waals surface area contributed by atoms with Crippen molar-refractivity contribution in [2.45, 2.75) is 67.4 Å². The summed E-state index contributed by atoms with van der Waals surface area (Å²) in [6.45, 7) is 2.23. The zero-order valence-electron chi connectivity index (χ0n) is 18.3. The monoisotopic (exact) mass is 596 g/mol. The van der Waals surface area contributed by atoms with E-state index in [2.05, 4.69) is 4.74 Å². The summed E-state index contributed by atoms with van der Waals surface area (Å²) >= 11 is 0. The number of alkyl halides is 17. The second-order valence-electron chi connectivity index (χ2n) is 7.61. The van der Waals surface area contributed by atoms with E-state index in [1.165, 1.54) is 6.92 Å². The van der Waals surface area contributed by atoms with Crippen LogP contribution in [-0.2, 0) is 15.5 Å². The van der Waals surface area contributed by atoms with E-state index in [-0.39, 0.29) is 24.3 Å². The molecule has 1 atom stereocenters. The molecule has 0 aliphatic rings. The molecule has 0 spiro atoms. The Labute approximate surface area is 200 Å². The molecule has 0 fully saturated rings. The topological polar surface area (TPSA) is 26.3 Å². The molecule has 38 heavy (non-hydrogen) atoms. The van der Waals surface area contributed by atoms with Crippen LogP contribution in [0.25, 0.3) is 0 Å². The van der Waals surface area contributed by atoms with E-state index in [4.69, 9.17) is 0 Å². The standard InChI is InChI=1S/C19H13F17O2/c1-3-38-11(37)8(2)9-4-6-10(7-5-9)12(20,21)13(22,23)14(24,25)15(26,27)16(28,29)17(30,31)18(32,33)19(34,35)36/h4-8H,3H2,1-2H3. The third kappa shape index (κ3) is 4.62. The van der Waals surface area contributed by atoms with Gasteiger partial charge in [-0.05, 0) is 19.4 Å². The van der Waals surface area contributed by atoms with Gasteiger partial charge in [-0.3, -0.25) is 4.79 Å². The lowest BCUT2D eigenvalue weighted by Crippen LogP contribution is -2.74. The van der Waals surface area contributed by atoms with Crippen LogP contribution < -0.4 is 0 Å². The number of rotatable bonds is 10. The van der Waals surface area contributed by atoms with Crippen molar-refractivity contribution in [1.29, 1.82) is 0 Å². The Balaban J connectivity index is 3.61.